The Morgan fingerprint density at radius 2 is 2.00 bits per heavy atom. The summed E-state index contributed by atoms with van der Waals surface area (Å²) in [5.41, 5.74) is 1.49. The maximum atomic E-state index is 13.2. The van der Waals surface area contributed by atoms with E-state index in [-0.39, 0.29) is 23.8 Å². The van der Waals surface area contributed by atoms with E-state index in [1.165, 1.54) is 23.5 Å². The van der Waals surface area contributed by atoms with E-state index >= 15 is 0 Å². The van der Waals surface area contributed by atoms with E-state index in [2.05, 4.69) is 5.92 Å². The molecule has 0 unspecified atom stereocenters. The molecule has 0 atom stereocenters. The molecule has 0 saturated heterocycles. The number of thiophene rings is 1. The van der Waals surface area contributed by atoms with Crippen LogP contribution in [0.25, 0.3) is 21.3 Å². The zero-order chi connectivity index (χ0) is 17.4. The van der Waals surface area contributed by atoms with Gasteiger partial charge in [0.2, 0.25) is 0 Å². The van der Waals surface area contributed by atoms with Crippen LogP contribution in [0.5, 0.6) is 0 Å². The van der Waals surface area contributed by atoms with E-state index in [9.17, 15) is 9.18 Å². The van der Waals surface area contributed by atoms with Gasteiger partial charge in [-0.25, -0.2) is 9.37 Å². The van der Waals surface area contributed by atoms with Crippen molar-refractivity contribution >= 4 is 21.6 Å². The van der Waals surface area contributed by atoms with Gasteiger partial charge in [0.15, 0.2) is 0 Å². The molecule has 0 aliphatic heterocycles. The SMILES string of the molecule is C#CCn1c(C(C)C)nc2sc(C)c(-c3ccc(F)cc3)c2c1=O. The molecule has 3 aromatic rings. The van der Waals surface area contributed by atoms with E-state index in [1.807, 2.05) is 20.8 Å². The molecule has 24 heavy (non-hydrogen) atoms. The zero-order valence-electron chi connectivity index (χ0n) is 13.8. The summed E-state index contributed by atoms with van der Waals surface area (Å²) in [6.07, 6.45) is 5.44. The highest BCUT2D eigenvalue weighted by Gasteiger charge is 2.20. The Morgan fingerprint density at radius 3 is 2.58 bits per heavy atom. The summed E-state index contributed by atoms with van der Waals surface area (Å²) in [6.45, 7) is 6.11. The van der Waals surface area contributed by atoms with Crippen molar-refractivity contribution < 1.29 is 4.39 Å². The number of aryl methyl sites for hydroxylation is 1. The molecule has 0 amide bonds. The Kier molecular flexibility index (Phi) is 4.25. The topological polar surface area (TPSA) is 34.9 Å². The van der Waals surface area contributed by atoms with Crippen LogP contribution in [0.1, 0.15) is 30.5 Å². The Labute approximate surface area is 143 Å². The van der Waals surface area contributed by atoms with E-state index in [0.717, 1.165) is 16.0 Å². The van der Waals surface area contributed by atoms with Gasteiger partial charge in [0, 0.05) is 16.4 Å². The maximum absolute atomic E-state index is 13.2. The second-order valence-electron chi connectivity index (χ2n) is 5.94. The Balaban J connectivity index is 2.39. The molecule has 0 aliphatic rings. The summed E-state index contributed by atoms with van der Waals surface area (Å²) in [5.74, 6) is 3.01. The van der Waals surface area contributed by atoms with E-state index < -0.39 is 0 Å². The number of nitrogens with zero attached hydrogens (tertiary/aromatic N) is 2. The third kappa shape index (κ3) is 2.63. The number of aromatic nitrogens is 2. The molecule has 0 spiro atoms. The highest BCUT2D eigenvalue weighted by atomic mass is 32.1. The standard InChI is InChI=1S/C19H17FN2OS/c1-5-10-22-17(11(2)3)21-18-16(19(22)23)15(12(4)24-18)13-6-8-14(20)9-7-13/h1,6-9,11H,10H2,2-4H3. The number of hydrogen-bond donors (Lipinski definition) is 0. The van der Waals surface area contributed by atoms with Gasteiger partial charge in [0.05, 0.1) is 11.9 Å². The first kappa shape index (κ1) is 16.4. The van der Waals surface area contributed by atoms with Crippen LogP contribution in [0.2, 0.25) is 0 Å². The van der Waals surface area contributed by atoms with Crippen LogP contribution in [-0.2, 0) is 6.54 Å². The predicted octanol–water partition coefficient (Wildman–Crippen LogP) is 4.33. The summed E-state index contributed by atoms with van der Waals surface area (Å²) in [5, 5.41) is 0.559. The monoisotopic (exact) mass is 340 g/mol. The van der Waals surface area contributed by atoms with Crippen LogP contribution in [0, 0.1) is 25.1 Å². The average molecular weight is 340 g/mol. The molecule has 0 aliphatic carbocycles. The van der Waals surface area contributed by atoms with Gasteiger partial charge in [0.1, 0.15) is 16.5 Å². The van der Waals surface area contributed by atoms with Crippen molar-refractivity contribution in [3.63, 3.8) is 0 Å². The predicted molar refractivity (Wildman–Crippen MR) is 96.9 cm³/mol. The summed E-state index contributed by atoms with van der Waals surface area (Å²) in [6, 6.07) is 6.17. The van der Waals surface area contributed by atoms with Crippen LogP contribution in [0.15, 0.2) is 29.1 Å². The Bertz CT molecular complexity index is 1010. The van der Waals surface area contributed by atoms with Gasteiger partial charge < -0.3 is 0 Å². The molecule has 0 saturated carbocycles. The Morgan fingerprint density at radius 1 is 1.33 bits per heavy atom. The van der Waals surface area contributed by atoms with Crippen LogP contribution in [-0.4, -0.2) is 9.55 Å². The molecule has 0 radical (unpaired) electrons. The minimum absolute atomic E-state index is 0.0899. The minimum atomic E-state index is -0.305. The summed E-state index contributed by atoms with van der Waals surface area (Å²) in [7, 11) is 0. The highest BCUT2D eigenvalue weighted by molar-refractivity contribution is 7.19. The highest BCUT2D eigenvalue weighted by Crippen LogP contribution is 2.36. The van der Waals surface area contributed by atoms with Crippen LogP contribution < -0.4 is 5.56 Å². The number of terminal acetylenes is 1. The van der Waals surface area contributed by atoms with Gasteiger partial charge in [-0.1, -0.05) is 31.9 Å². The van der Waals surface area contributed by atoms with Crippen LogP contribution >= 0.6 is 11.3 Å². The molecule has 122 valence electrons. The minimum Gasteiger partial charge on any atom is -0.284 e. The summed E-state index contributed by atoms with van der Waals surface area (Å²) in [4.78, 5) is 19.5. The number of halogens is 1. The lowest BCUT2D eigenvalue weighted by atomic mass is 10.0. The largest absolute Gasteiger partial charge is 0.284 e. The van der Waals surface area contributed by atoms with Crippen molar-refractivity contribution in [1.29, 1.82) is 0 Å². The fourth-order valence-electron chi connectivity index (χ4n) is 2.86. The zero-order valence-corrected chi connectivity index (χ0v) is 14.6. The summed E-state index contributed by atoms with van der Waals surface area (Å²) >= 11 is 1.48. The fraction of sp³-hybridized carbons (Fsp3) is 0.263. The normalized spacial score (nSPS) is 11.2. The van der Waals surface area contributed by atoms with Crippen molar-refractivity contribution in [1.82, 2.24) is 9.55 Å². The van der Waals surface area contributed by atoms with Gasteiger partial charge in [0.25, 0.3) is 5.56 Å². The first-order chi connectivity index (χ1) is 11.4. The van der Waals surface area contributed by atoms with Gasteiger partial charge in [-0.15, -0.1) is 17.8 Å². The first-order valence-corrected chi connectivity index (χ1v) is 8.49. The number of rotatable bonds is 3. The fourth-order valence-corrected chi connectivity index (χ4v) is 3.90. The van der Waals surface area contributed by atoms with Crippen LogP contribution in [0.4, 0.5) is 4.39 Å². The maximum Gasteiger partial charge on any atom is 0.263 e. The molecule has 0 bridgehead atoms. The van der Waals surface area contributed by atoms with Crippen LogP contribution in [0.3, 0.4) is 0 Å². The molecule has 0 N–H and O–H groups in total. The lowest BCUT2D eigenvalue weighted by molar-refractivity contribution is 0.628. The molecule has 3 rings (SSSR count). The first-order valence-electron chi connectivity index (χ1n) is 7.67. The van der Waals surface area contributed by atoms with Gasteiger partial charge in [-0.2, -0.15) is 0 Å². The van der Waals surface area contributed by atoms with Gasteiger partial charge in [-0.05, 0) is 24.6 Å². The third-order valence-electron chi connectivity index (χ3n) is 3.92. The lowest BCUT2D eigenvalue weighted by Gasteiger charge is -2.13. The quantitative estimate of drug-likeness (QED) is 0.665. The van der Waals surface area contributed by atoms with Crippen molar-refractivity contribution in [3.8, 4) is 23.5 Å². The molecule has 3 nitrogen and oxygen atoms in total. The van der Waals surface area contributed by atoms with E-state index in [0.29, 0.717) is 16.0 Å². The molecule has 1 aromatic carbocycles. The van der Waals surface area contributed by atoms with E-state index in [4.69, 9.17) is 11.4 Å². The van der Waals surface area contributed by atoms with Crippen molar-refractivity contribution in [2.45, 2.75) is 33.2 Å². The van der Waals surface area contributed by atoms with E-state index in [1.54, 1.807) is 16.7 Å². The lowest BCUT2D eigenvalue weighted by Crippen LogP contribution is -2.25. The number of fused-ring (bicyclic) bond motifs is 1. The second kappa shape index (κ2) is 6.21. The molecule has 5 heteroatoms. The van der Waals surface area contributed by atoms with Crippen molar-refractivity contribution in [2.75, 3.05) is 0 Å². The number of benzene rings is 1. The molecule has 2 aromatic heterocycles. The molecule has 2 heterocycles. The third-order valence-corrected chi connectivity index (χ3v) is 4.92. The number of hydrogen-bond acceptors (Lipinski definition) is 3. The molecule has 0 fully saturated rings. The summed E-state index contributed by atoms with van der Waals surface area (Å²) < 4.78 is 14.8. The van der Waals surface area contributed by atoms with Crippen molar-refractivity contribution in [2.24, 2.45) is 0 Å². The van der Waals surface area contributed by atoms with Gasteiger partial charge >= 0.3 is 0 Å². The Hall–Kier alpha value is -2.45. The van der Waals surface area contributed by atoms with Gasteiger partial charge in [-0.3, -0.25) is 9.36 Å². The molecular formula is C19H17FN2OS. The second-order valence-corrected chi connectivity index (χ2v) is 7.14. The average Bonchev–Trinajstić information content (AvgIpc) is 2.87. The smallest absolute Gasteiger partial charge is 0.263 e. The van der Waals surface area contributed by atoms with Crippen molar-refractivity contribution in [3.05, 3.63) is 51.1 Å². The molecular weight excluding hydrogens is 323 g/mol.